The van der Waals surface area contributed by atoms with Gasteiger partial charge in [0.1, 0.15) is 0 Å². The Balaban J connectivity index is 2.61. The van der Waals surface area contributed by atoms with Gasteiger partial charge in [0, 0.05) is 5.70 Å². The summed E-state index contributed by atoms with van der Waals surface area (Å²) in [5, 5.41) is 9.26. The molecule has 0 spiro atoms. The predicted octanol–water partition coefficient (Wildman–Crippen LogP) is 2.98. The summed E-state index contributed by atoms with van der Waals surface area (Å²) in [6, 6.07) is 14.5. The molecular formula is C15H13NO2. The highest BCUT2D eigenvalue weighted by Gasteiger charge is 2.12. The fraction of sp³-hybridized carbons (Fsp3) is 0. The third-order valence-electron chi connectivity index (χ3n) is 2.71. The summed E-state index contributed by atoms with van der Waals surface area (Å²) in [5.41, 5.74) is 8.34. The SMILES string of the molecule is C=C(N)c1ccc(-c2ccccc2)c(C(=O)O)c1. The third-order valence-corrected chi connectivity index (χ3v) is 2.71. The van der Waals surface area contributed by atoms with Crippen molar-refractivity contribution in [2.24, 2.45) is 5.73 Å². The number of carbonyl (C=O) groups is 1. The quantitative estimate of drug-likeness (QED) is 0.865. The minimum Gasteiger partial charge on any atom is -0.478 e. The first-order valence-electron chi connectivity index (χ1n) is 5.47. The molecule has 0 heterocycles. The van der Waals surface area contributed by atoms with Crippen molar-refractivity contribution in [1.29, 1.82) is 0 Å². The van der Waals surface area contributed by atoms with Gasteiger partial charge in [-0.1, -0.05) is 49.0 Å². The van der Waals surface area contributed by atoms with Crippen LogP contribution in [-0.4, -0.2) is 11.1 Å². The Bertz CT molecular complexity index is 603. The number of nitrogens with two attached hydrogens (primary N) is 1. The van der Waals surface area contributed by atoms with Gasteiger partial charge in [-0.15, -0.1) is 0 Å². The van der Waals surface area contributed by atoms with Crippen molar-refractivity contribution in [3.8, 4) is 11.1 Å². The van der Waals surface area contributed by atoms with E-state index < -0.39 is 5.97 Å². The minimum atomic E-state index is -0.975. The molecule has 0 aliphatic heterocycles. The molecule has 0 unspecified atom stereocenters. The third kappa shape index (κ3) is 2.25. The summed E-state index contributed by atoms with van der Waals surface area (Å²) >= 11 is 0. The zero-order valence-electron chi connectivity index (χ0n) is 9.76. The van der Waals surface area contributed by atoms with Crippen LogP contribution in [0, 0.1) is 0 Å². The van der Waals surface area contributed by atoms with Crippen molar-refractivity contribution >= 4 is 11.7 Å². The van der Waals surface area contributed by atoms with E-state index in [0.29, 0.717) is 16.8 Å². The van der Waals surface area contributed by atoms with Gasteiger partial charge >= 0.3 is 5.97 Å². The maximum absolute atomic E-state index is 11.3. The van der Waals surface area contributed by atoms with Gasteiger partial charge in [0.05, 0.1) is 5.56 Å². The van der Waals surface area contributed by atoms with Crippen LogP contribution in [-0.2, 0) is 0 Å². The van der Waals surface area contributed by atoms with Crippen molar-refractivity contribution in [2.75, 3.05) is 0 Å². The van der Waals surface area contributed by atoms with E-state index in [9.17, 15) is 9.90 Å². The van der Waals surface area contributed by atoms with E-state index in [0.717, 1.165) is 5.56 Å². The summed E-state index contributed by atoms with van der Waals surface area (Å²) in [4.78, 5) is 11.3. The van der Waals surface area contributed by atoms with Crippen molar-refractivity contribution in [3.05, 3.63) is 66.2 Å². The summed E-state index contributed by atoms with van der Waals surface area (Å²) < 4.78 is 0. The molecule has 0 aromatic heterocycles. The van der Waals surface area contributed by atoms with E-state index in [1.54, 1.807) is 18.2 Å². The van der Waals surface area contributed by atoms with Crippen LogP contribution < -0.4 is 5.73 Å². The molecule has 0 aliphatic carbocycles. The first kappa shape index (κ1) is 11.9. The second-order valence-corrected chi connectivity index (χ2v) is 3.96. The molecule has 0 aliphatic rings. The summed E-state index contributed by atoms with van der Waals surface area (Å²) in [6.07, 6.45) is 0. The molecule has 0 saturated carbocycles. The molecule has 90 valence electrons. The lowest BCUT2D eigenvalue weighted by atomic mass is 9.97. The molecule has 3 N–H and O–H groups in total. The van der Waals surface area contributed by atoms with Crippen molar-refractivity contribution in [1.82, 2.24) is 0 Å². The maximum atomic E-state index is 11.3. The van der Waals surface area contributed by atoms with Gasteiger partial charge in [-0.25, -0.2) is 4.79 Å². The lowest BCUT2D eigenvalue weighted by Gasteiger charge is -2.09. The molecule has 2 aromatic carbocycles. The Labute approximate surface area is 105 Å². The van der Waals surface area contributed by atoms with Gasteiger partial charge < -0.3 is 10.8 Å². The molecule has 0 bridgehead atoms. The van der Waals surface area contributed by atoms with Gasteiger partial charge in [-0.3, -0.25) is 0 Å². The van der Waals surface area contributed by atoms with Crippen molar-refractivity contribution in [2.45, 2.75) is 0 Å². The van der Waals surface area contributed by atoms with E-state index in [4.69, 9.17) is 5.73 Å². The van der Waals surface area contributed by atoms with Crippen LogP contribution in [0.5, 0.6) is 0 Å². The first-order chi connectivity index (χ1) is 8.59. The highest BCUT2D eigenvalue weighted by atomic mass is 16.4. The summed E-state index contributed by atoms with van der Waals surface area (Å²) in [5.74, 6) is -0.975. The van der Waals surface area contributed by atoms with Crippen molar-refractivity contribution in [3.63, 3.8) is 0 Å². The zero-order chi connectivity index (χ0) is 13.1. The number of hydrogen-bond acceptors (Lipinski definition) is 2. The Morgan fingerprint density at radius 1 is 1.11 bits per heavy atom. The lowest BCUT2D eigenvalue weighted by Crippen LogP contribution is -2.02. The minimum absolute atomic E-state index is 0.227. The van der Waals surface area contributed by atoms with E-state index in [1.165, 1.54) is 0 Å². The first-order valence-corrected chi connectivity index (χ1v) is 5.47. The monoisotopic (exact) mass is 239 g/mol. The second kappa shape index (κ2) is 4.75. The molecule has 0 amide bonds. The van der Waals surface area contributed by atoms with Gasteiger partial charge in [-0.2, -0.15) is 0 Å². The Hall–Kier alpha value is -2.55. The van der Waals surface area contributed by atoms with Gasteiger partial charge in [0.15, 0.2) is 0 Å². The van der Waals surface area contributed by atoms with Crippen LogP contribution in [0.25, 0.3) is 16.8 Å². The average Bonchev–Trinajstić information content (AvgIpc) is 2.39. The van der Waals surface area contributed by atoms with Crippen molar-refractivity contribution < 1.29 is 9.90 Å². The standard InChI is InChI=1S/C15H13NO2/c1-10(16)12-7-8-13(14(9-12)15(17)18)11-5-3-2-4-6-11/h2-9H,1,16H2,(H,17,18). The molecule has 0 saturated heterocycles. The van der Waals surface area contributed by atoms with Gasteiger partial charge in [0.25, 0.3) is 0 Å². The Morgan fingerprint density at radius 2 is 1.78 bits per heavy atom. The highest BCUT2D eigenvalue weighted by molar-refractivity contribution is 5.97. The van der Waals surface area contributed by atoms with E-state index in [2.05, 4.69) is 6.58 Å². The number of hydrogen-bond donors (Lipinski definition) is 2. The van der Waals surface area contributed by atoms with E-state index in [1.807, 2.05) is 30.3 Å². The van der Waals surface area contributed by atoms with Crippen LogP contribution in [0.1, 0.15) is 15.9 Å². The van der Waals surface area contributed by atoms with Gasteiger partial charge in [0.2, 0.25) is 0 Å². The molecule has 2 rings (SSSR count). The number of aromatic carboxylic acids is 1. The van der Waals surface area contributed by atoms with Crippen LogP contribution in [0.15, 0.2) is 55.1 Å². The highest BCUT2D eigenvalue weighted by Crippen LogP contribution is 2.25. The molecule has 0 atom stereocenters. The molecule has 0 fully saturated rings. The van der Waals surface area contributed by atoms with Crippen LogP contribution >= 0.6 is 0 Å². The largest absolute Gasteiger partial charge is 0.478 e. The number of rotatable bonds is 3. The Morgan fingerprint density at radius 3 is 2.33 bits per heavy atom. The maximum Gasteiger partial charge on any atom is 0.336 e. The summed E-state index contributed by atoms with van der Waals surface area (Å²) in [6.45, 7) is 3.61. The number of carboxylic acids is 1. The molecule has 3 heteroatoms. The van der Waals surface area contributed by atoms with Crippen LogP contribution in [0.2, 0.25) is 0 Å². The number of benzene rings is 2. The molecule has 18 heavy (non-hydrogen) atoms. The van der Waals surface area contributed by atoms with Crippen LogP contribution in [0.3, 0.4) is 0 Å². The van der Waals surface area contributed by atoms with E-state index in [-0.39, 0.29) is 5.56 Å². The fourth-order valence-corrected chi connectivity index (χ4v) is 1.79. The van der Waals surface area contributed by atoms with Gasteiger partial charge in [-0.05, 0) is 22.8 Å². The number of carboxylic acid groups (broad SMARTS) is 1. The smallest absolute Gasteiger partial charge is 0.336 e. The second-order valence-electron chi connectivity index (χ2n) is 3.96. The predicted molar refractivity (Wildman–Crippen MR) is 72.1 cm³/mol. The molecule has 3 nitrogen and oxygen atoms in total. The molecule has 2 aromatic rings. The van der Waals surface area contributed by atoms with Crippen LogP contribution in [0.4, 0.5) is 0 Å². The summed E-state index contributed by atoms with van der Waals surface area (Å²) in [7, 11) is 0. The van der Waals surface area contributed by atoms with E-state index >= 15 is 0 Å². The fourth-order valence-electron chi connectivity index (χ4n) is 1.79. The normalized spacial score (nSPS) is 10.0. The molecule has 0 radical (unpaired) electrons. The lowest BCUT2D eigenvalue weighted by molar-refractivity contribution is 0.0697. The Kier molecular flexibility index (Phi) is 3.15. The average molecular weight is 239 g/mol. The topological polar surface area (TPSA) is 63.3 Å². The molecular weight excluding hydrogens is 226 g/mol. The zero-order valence-corrected chi connectivity index (χ0v) is 9.76.